The maximum Gasteiger partial charge on any atom is 0.416 e. The average Bonchev–Trinajstić information content (AvgIpc) is 2.89. The van der Waals surface area contributed by atoms with Crippen LogP contribution in [-0.4, -0.2) is 49.4 Å². The summed E-state index contributed by atoms with van der Waals surface area (Å²) in [7, 11) is 0. The van der Waals surface area contributed by atoms with Crippen molar-refractivity contribution in [1.29, 1.82) is 0 Å². The molecule has 0 atom stereocenters. The molecule has 0 N–H and O–H groups in total. The van der Waals surface area contributed by atoms with Gasteiger partial charge in [0.05, 0.1) is 5.56 Å². The number of ketones is 1. The Bertz CT molecular complexity index is 1240. The number of alkyl halides is 3. The summed E-state index contributed by atoms with van der Waals surface area (Å²) in [5.74, 6) is -0.281. The lowest BCUT2D eigenvalue weighted by Crippen LogP contribution is -2.46. The molecule has 4 rings (SSSR count). The molecule has 5 nitrogen and oxygen atoms in total. The second kappa shape index (κ2) is 11.8. The van der Waals surface area contributed by atoms with Crippen molar-refractivity contribution in [3.8, 4) is 5.75 Å². The van der Waals surface area contributed by atoms with Crippen molar-refractivity contribution in [1.82, 2.24) is 4.90 Å². The Morgan fingerprint density at radius 3 is 2.27 bits per heavy atom. The van der Waals surface area contributed by atoms with Gasteiger partial charge in [-0.3, -0.25) is 14.5 Å². The van der Waals surface area contributed by atoms with Crippen molar-refractivity contribution in [2.45, 2.75) is 19.0 Å². The summed E-state index contributed by atoms with van der Waals surface area (Å²) < 4.78 is 44.4. The van der Waals surface area contributed by atoms with Gasteiger partial charge in [0.2, 0.25) is 0 Å². The number of ether oxygens (including phenoxy) is 1. The third kappa shape index (κ3) is 7.33. The quantitative estimate of drug-likeness (QED) is 0.200. The van der Waals surface area contributed by atoms with Crippen molar-refractivity contribution in [2.24, 2.45) is 0 Å². The van der Waals surface area contributed by atoms with E-state index in [4.69, 9.17) is 16.3 Å². The van der Waals surface area contributed by atoms with Crippen LogP contribution in [0, 0.1) is 0 Å². The topological polar surface area (TPSA) is 49.9 Å². The van der Waals surface area contributed by atoms with E-state index in [1.807, 2.05) is 4.90 Å². The van der Waals surface area contributed by atoms with Crippen LogP contribution in [0.5, 0.6) is 5.75 Å². The van der Waals surface area contributed by atoms with Crippen LogP contribution in [0.2, 0.25) is 5.02 Å². The van der Waals surface area contributed by atoms with Gasteiger partial charge < -0.3 is 9.64 Å². The Kier molecular flexibility index (Phi) is 8.51. The van der Waals surface area contributed by atoms with Crippen LogP contribution in [0.25, 0.3) is 0 Å². The maximum atomic E-state index is 13.0. The van der Waals surface area contributed by atoms with E-state index >= 15 is 0 Å². The lowest BCUT2D eigenvalue weighted by atomic mass is 10.0. The highest BCUT2D eigenvalue weighted by Gasteiger charge is 2.31. The molecule has 0 aromatic heterocycles. The number of halogens is 4. The van der Waals surface area contributed by atoms with Crippen molar-refractivity contribution < 1.29 is 27.5 Å². The molecule has 0 radical (unpaired) electrons. The van der Waals surface area contributed by atoms with Crippen LogP contribution in [0.15, 0.2) is 72.8 Å². The van der Waals surface area contributed by atoms with Crippen LogP contribution in [0.3, 0.4) is 0 Å². The number of esters is 1. The van der Waals surface area contributed by atoms with Gasteiger partial charge >= 0.3 is 12.1 Å². The van der Waals surface area contributed by atoms with Crippen LogP contribution >= 0.6 is 11.6 Å². The van der Waals surface area contributed by atoms with Gasteiger partial charge in [0.1, 0.15) is 5.75 Å². The highest BCUT2D eigenvalue weighted by molar-refractivity contribution is 6.30. The smallest absolute Gasteiger partial charge is 0.416 e. The van der Waals surface area contributed by atoms with Gasteiger partial charge in [-0.15, -0.1) is 0 Å². The number of carbonyl (C=O) groups excluding carboxylic acids is 2. The summed E-state index contributed by atoms with van der Waals surface area (Å²) in [4.78, 5) is 29.2. The molecule has 3 aromatic rings. The van der Waals surface area contributed by atoms with Gasteiger partial charge in [0, 0.05) is 54.4 Å². The first kappa shape index (κ1) is 26.7. The predicted octanol–water partition coefficient (Wildman–Crippen LogP) is 6.10. The highest BCUT2D eigenvalue weighted by Crippen LogP contribution is 2.32. The minimum Gasteiger partial charge on any atom is -0.427 e. The third-order valence-corrected chi connectivity index (χ3v) is 6.45. The fraction of sp³-hybridized carbons (Fsp3) is 0.286. The summed E-state index contributed by atoms with van der Waals surface area (Å²) in [6.45, 7) is 3.29. The molecule has 37 heavy (non-hydrogen) atoms. The first-order valence-corrected chi connectivity index (χ1v) is 12.3. The molecule has 1 heterocycles. The minimum absolute atomic E-state index is 0.196. The standard InChI is InChI=1S/C28H26ClF3N2O3/c29-23-11-9-20(10-12-23)27(36)21-4-1-7-25(18-21)37-26(35)8-3-13-33-14-16-34(17-15-33)24-6-2-5-22(19-24)28(30,31)32/h1-2,4-7,9-12,18-19H,3,8,13-17H2. The molecule has 3 aromatic carbocycles. The Morgan fingerprint density at radius 1 is 0.865 bits per heavy atom. The molecule has 1 fully saturated rings. The molecular formula is C28H26ClF3N2O3. The number of hydrogen-bond donors (Lipinski definition) is 0. The first-order valence-electron chi connectivity index (χ1n) is 11.9. The van der Waals surface area contributed by atoms with Gasteiger partial charge in [0.25, 0.3) is 0 Å². The van der Waals surface area contributed by atoms with Gasteiger partial charge in [-0.1, -0.05) is 29.8 Å². The van der Waals surface area contributed by atoms with E-state index in [0.717, 1.165) is 6.07 Å². The third-order valence-electron chi connectivity index (χ3n) is 6.20. The molecule has 0 unspecified atom stereocenters. The predicted molar refractivity (Wildman–Crippen MR) is 136 cm³/mol. The van der Waals surface area contributed by atoms with Crippen LogP contribution in [-0.2, 0) is 11.0 Å². The SMILES string of the molecule is O=C(CCCN1CCN(c2cccc(C(F)(F)F)c2)CC1)Oc1cccc(C(=O)c2ccc(Cl)cc2)c1. The number of carbonyl (C=O) groups is 2. The van der Waals surface area contributed by atoms with Gasteiger partial charge in [-0.2, -0.15) is 13.2 Å². The Labute approximate surface area is 218 Å². The fourth-order valence-corrected chi connectivity index (χ4v) is 4.33. The zero-order chi connectivity index (χ0) is 26.4. The molecule has 0 aliphatic carbocycles. The van der Waals surface area contributed by atoms with Crippen LogP contribution < -0.4 is 9.64 Å². The van der Waals surface area contributed by atoms with Gasteiger partial charge in [0.15, 0.2) is 5.78 Å². The van der Waals surface area contributed by atoms with Crippen molar-refractivity contribution >= 4 is 29.0 Å². The van der Waals surface area contributed by atoms with E-state index in [2.05, 4.69) is 4.90 Å². The minimum atomic E-state index is -4.36. The molecule has 0 amide bonds. The summed E-state index contributed by atoms with van der Waals surface area (Å²) in [6, 6.07) is 18.4. The Morgan fingerprint density at radius 2 is 1.57 bits per heavy atom. The average molecular weight is 531 g/mol. The fourth-order valence-electron chi connectivity index (χ4n) is 4.21. The molecule has 194 valence electrons. The lowest BCUT2D eigenvalue weighted by molar-refractivity contribution is -0.137. The van der Waals surface area contributed by atoms with Crippen molar-refractivity contribution in [2.75, 3.05) is 37.6 Å². The molecule has 0 spiro atoms. The molecule has 0 bridgehead atoms. The zero-order valence-electron chi connectivity index (χ0n) is 20.0. The van der Waals surface area contributed by atoms with Crippen molar-refractivity contribution in [3.63, 3.8) is 0 Å². The summed E-state index contributed by atoms with van der Waals surface area (Å²) >= 11 is 5.88. The maximum absolute atomic E-state index is 13.0. The number of benzene rings is 3. The number of nitrogens with zero attached hydrogens (tertiary/aromatic N) is 2. The summed E-state index contributed by atoms with van der Waals surface area (Å²) in [5.41, 5.74) is 0.813. The number of rotatable bonds is 8. The van der Waals surface area contributed by atoms with E-state index < -0.39 is 17.7 Å². The monoisotopic (exact) mass is 530 g/mol. The highest BCUT2D eigenvalue weighted by atomic mass is 35.5. The van der Waals surface area contributed by atoms with E-state index in [-0.39, 0.29) is 12.2 Å². The number of hydrogen-bond acceptors (Lipinski definition) is 5. The summed E-state index contributed by atoms with van der Waals surface area (Å²) in [5, 5.41) is 0.539. The normalized spacial score (nSPS) is 14.4. The molecule has 1 aliphatic heterocycles. The molecule has 9 heteroatoms. The molecule has 1 aliphatic rings. The van der Waals surface area contributed by atoms with Crippen LogP contribution in [0.4, 0.5) is 18.9 Å². The second-order valence-corrected chi connectivity index (χ2v) is 9.25. The van der Waals surface area contributed by atoms with E-state index in [0.29, 0.717) is 66.7 Å². The largest absolute Gasteiger partial charge is 0.427 e. The zero-order valence-corrected chi connectivity index (χ0v) is 20.8. The van der Waals surface area contributed by atoms with E-state index in [1.165, 1.54) is 12.1 Å². The number of anilines is 1. The number of piperazine rings is 1. The molecular weight excluding hydrogens is 505 g/mol. The van der Waals surface area contributed by atoms with E-state index in [9.17, 15) is 22.8 Å². The molecule has 1 saturated heterocycles. The van der Waals surface area contributed by atoms with Crippen molar-refractivity contribution in [3.05, 3.63) is 94.5 Å². The Balaban J connectivity index is 1.22. The first-order chi connectivity index (χ1) is 17.7. The second-order valence-electron chi connectivity index (χ2n) is 8.82. The van der Waals surface area contributed by atoms with E-state index in [1.54, 1.807) is 54.6 Å². The summed E-state index contributed by atoms with van der Waals surface area (Å²) in [6.07, 6.45) is -3.56. The van der Waals surface area contributed by atoms with Gasteiger partial charge in [-0.25, -0.2) is 0 Å². The van der Waals surface area contributed by atoms with Crippen LogP contribution in [0.1, 0.15) is 34.3 Å². The lowest BCUT2D eigenvalue weighted by Gasteiger charge is -2.36. The Hall–Kier alpha value is -3.36. The molecule has 0 saturated carbocycles. The van der Waals surface area contributed by atoms with Gasteiger partial charge in [-0.05, 0) is 67.6 Å².